The quantitative estimate of drug-likeness (QED) is 0.771. The van der Waals surface area contributed by atoms with Gasteiger partial charge in [0.05, 0.1) is 42.4 Å². The second kappa shape index (κ2) is 5.02. The van der Waals surface area contributed by atoms with Gasteiger partial charge in [-0.15, -0.1) is 0 Å². The van der Waals surface area contributed by atoms with Gasteiger partial charge in [-0.3, -0.25) is 9.78 Å². The zero-order valence-corrected chi connectivity index (χ0v) is 10.1. The summed E-state index contributed by atoms with van der Waals surface area (Å²) in [5, 5.41) is 8.81. The van der Waals surface area contributed by atoms with Crippen LogP contribution in [0.25, 0.3) is 0 Å². The van der Waals surface area contributed by atoms with Gasteiger partial charge in [-0.1, -0.05) is 0 Å². The Kier molecular flexibility index (Phi) is 3.44. The molecule has 0 aromatic carbocycles. The predicted octanol–water partition coefficient (Wildman–Crippen LogP) is 0.337. The van der Waals surface area contributed by atoms with Crippen LogP contribution in [0, 0.1) is 18.3 Å². The fourth-order valence-corrected chi connectivity index (χ4v) is 1.85. The molecular formula is C12H14N4O2. The Labute approximate surface area is 105 Å². The SMILES string of the molecule is Cc1ncc(N)cc1C(=O)N1CCOC(C#N)C1. The molecule has 1 fully saturated rings. The molecule has 1 aromatic heterocycles. The summed E-state index contributed by atoms with van der Waals surface area (Å²) in [6.45, 7) is 2.89. The normalized spacial score (nSPS) is 19.3. The summed E-state index contributed by atoms with van der Waals surface area (Å²) in [7, 11) is 0. The lowest BCUT2D eigenvalue weighted by molar-refractivity contribution is 0.00341. The second-order valence-corrected chi connectivity index (χ2v) is 4.14. The molecule has 1 aliphatic rings. The van der Waals surface area contributed by atoms with Crippen molar-refractivity contribution in [2.24, 2.45) is 0 Å². The van der Waals surface area contributed by atoms with E-state index in [1.165, 1.54) is 6.20 Å². The summed E-state index contributed by atoms with van der Waals surface area (Å²) in [6, 6.07) is 3.62. The van der Waals surface area contributed by atoms with E-state index in [1.54, 1.807) is 17.9 Å². The molecule has 6 nitrogen and oxygen atoms in total. The average Bonchev–Trinajstić information content (AvgIpc) is 2.41. The third-order valence-corrected chi connectivity index (χ3v) is 2.84. The van der Waals surface area contributed by atoms with Crippen molar-refractivity contribution >= 4 is 11.6 Å². The first-order valence-electron chi connectivity index (χ1n) is 5.64. The second-order valence-electron chi connectivity index (χ2n) is 4.14. The maximum absolute atomic E-state index is 12.3. The molecule has 1 atom stereocenters. The van der Waals surface area contributed by atoms with Crippen LogP contribution in [0.2, 0.25) is 0 Å². The zero-order chi connectivity index (χ0) is 13.1. The first-order chi connectivity index (χ1) is 8.61. The van der Waals surface area contributed by atoms with Crippen LogP contribution in [0.5, 0.6) is 0 Å². The van der Waals surface area contributed by atoms with E-state index in [1.807, 2.05) is 6.07 Å². The minimum Gasteiger partial charge on any atom is -0.397 e. The van der Waals surface area contributed by atoms with Crippen molar-refractivity contribution < 1.29 is 9.53 Å². The van der Waals surface area contributed by atoms with Crippen molar-refractivity contribution in [3.63, 3.8) is 0 Å². The summed E-state index contributed by atoms with van der Waals surface area (Å²) >= 11 is 0. The first-order valence-corrected chi connectivity index (χ1v) is 5.64. The van der Waals surface area contributed by atoms with E-state index in [0.717, 1.165) is 0 Å². The third kappa shape index (κ3) is 2.41. The van der Waals surface area contributed by atoms with Gasteiger partial charge in [0.15, 0.2) is 6.10 Å². The Balaban J connectivity index is 2.21. The average molecular weight is 246 g/mol. The highest BCUT2D eigenvalue weighted by Gasteiger charge is 2.25. The van der Waals surface area contributed by atoms with Crippen molar-refractivity contribution in [3.05, 3.63) is 23.5 Å². The number of carbonyl (C=O) groups is 1. The molecule has 18 heavy (non-hydrogen) atoms. The van der Waals surface area contributed by atoms with Crippen LogP contribution in [-0.4, -0.2) is 41.6 Å². The van der Waals surface area contributed by atoms with Crippen LogP contribution >= 0.6 is 0 Å². The molecule has 94 valence electrons. The van der Waals surface area contributed by atoms with Crippen LogP contribution in [-0.2, 0) is 4.74 Å². The van der Waals surface area contributed by atoms with Gasteiger partial charge >= 0.3 is 0 Å². The van der Waals surface area contributed by atoms with E-state index in [2.05, 4.69) is 4.98 Å². The van der Waals surface area contributed by atoms with Gasteiger partial charge in [0.25, 0.3) is 5.91 Å². The smallest absolute Gasteiger partial charge is 0.255 e. The van der Waals surface area contributed by atoms with Crippen molar-refractivity contribution in [3.8, 4) is 6.07 Å². The highest BCUT2D eigenvalue weighted by molar-refractivity contribution is 5.96. The fourth-order valence-electron chi connectivity index (χ4n) is 1.85. The van der Waals surface area contributed by atoms with E-state index in [9.17, 15) is 4.79 Å². The van der Waals surface area contributed by atoms with Crippen LogP contribution in [0.1, 0.15) is 16.1 Å². The lowest BCUT2D eigenvalue weighted by atomic mass is 10.1. The van der Waals surface area contributed by atoms with E-state index in [4.69, 9.17) is 15.7 Å². The molecule has 1 aromatic rings. The van der Waals surface area contributed by atoms with Crippen molar-refractivity contribution in [1.82, 2.24) is 9.88 Å². The largest absolute Gasteiger partial charge is 0.397 e. The van der Waals surface area contributed by atoms with Crippen LogP contribution in [0.15, 0.2) is 12.3 Å². The predicted molar refractivity (Wildman–Crippen MR) is 64.6 cm³/mol. The Morgan fingerprint density at radius 3 is 3.22 bits per heavy atom. The van der Waals surface area contributed by atoms with Crippen LogP contribution in [0.4, 0.5) is 5.69 Å². The van der Waals surface area contributed by atoms with E-state index < -0.39 is 6.10 Å². The molecular weight excluding hydrogens is 232 g/mol. The minimum absolute atomic E-state index is 0.157. The maximum atomic E-state index is 12.3. The zero-order valence-electron chi connectivity index (χ0n) is 10.1. The van der Waals surface area contributed by atoms with Crippen molar-refractivity contribution in [1.29, 1.82) is 5.26 Å². The number of aryl methyl sites for hydroxylation is 1. The standard InChI is InChI=1S/C12H14N4O2/c1-8-11(4-9(14)6-15-8)12(17)16-2-3-18-10(5-13)7-16/h4,6,10H,2-3,7,14H2,1H3. The minimum atomic E-state index is -0.558. The molecule has 0 spiro atoms. The number of anilines is 1. The summed E-state index contributed by atoms with van der Waals surface area (Å²) in [4.78, 5) is 18.0. The summed E-state index contributed by atoms with van der Waals surface area (Å²) < 4.78 is 5.20. The molecule has 0 aliphatic carbocycles. The summed E-state index contributed by atoms with van der Waals surface area (Å²) in [5.41, 5.74) is 7.20. The molecule has 6 heteroatoms. The van der Waals surface area contributed by atoms with Gasteiger partial charge < -0.3 is 15.4 Å². The number of nitriles is 1. The number of nitrogens with two attached hydrogens (primary N) is 1. The number of nitrogen functional groups attached to an aromatic ring is 1. The van der Waals surface area contributed by atoms with Crippen LogP contribution in [0.3, 0.4) is 0 Å². The number of aromatic nitrogens is 1. The maximum Gasteiger partial charge on any atom is 0.255 e. The molecule has 2 rings (SSSR count). The van der Waals surface area contributed by atoms with Gasteiger partial charge in [-0.2, -0.15) is 5.26 Å². The number of amides is 1. The van der Waals surface area contributed by atoms with Gasteiger partial charge in [-0.05, 0) is 13.0 Å². The molecule has 1 saturated heterocycles. The number of ether oxygens (including phenoxy) is 1. The molecule has 0 bridgehead atoms. The van der Waals surface area contributed by atoms with Crippen LogP contribution < -0.4 is 5.73 Å². The Hall–Kier alpha value is -2.13. The molecule has 0 saturated carbocycles. The topological polar surface area (TPSA) is 92.2 Å². The van der Waals surface area contributed by atoms with Gasteiger partial charge in [0, 0.05) is 6.54 Å². The molecule has 2 N–H and O–H groups in total. The van der Waals surface area contributed by atoms with Crippen molar-refractivity contribution in [2.45, 2.75) is 13.0 Å². The first kappa shape index (κ1) is 12.3. The van der Waals surface area contributed by atoms with Gasteiger partial charge in [0.2, 0.25) is 0 Å². The Bertz CT molecular complexity index is 509. The summed E-state index contributed by atoms with van der Waals surface area (Å²) in [5.74, 6) is -0.157. The Morgan fingerprint density at radius 2 is 2.50 bits per heavy atom. The lowest BCUT2D eigenvalue weighted by Gasteiger charge is -2.30. The number of carbonyl (C=O) groups excluding carboxylic acids is 1. The van der Waals surface area contributed by atoms with Gasteiger partial charge in [-0.25, -0.2) is 0 Å². The number of hydrogen-bond donors (Lipinski definition) is 1. The van der Waals surface area contributed by atoms with Crippen molar-refractivity contribution in [2.75, 3.05) is 25.4 Å². The number of morpholine rings is 1. The fraction of sp³-hybridized carbons (Fsp3) is 0.417. The van der Waals surface area contributed by atoms with E-state index in [-0.39, 0.29) is 12.5 Å². The van der Waals surface area contributed by atoms with E-state index in [0.29, 0.717) is 30.1 Å². The van der Waals surface area contributed by atoms with Gasteiger partial charge in [0.1, 0.15) is 0 Å². The van der Waals surface area contributed by atoms with E-state index >= 15 is 0 Å². The molecule has 2 heterocycles. The molecule has 1 amide bonds. The third-order valence-electron chi connectivity index (χ3n) is 2.84. The highest BCUT2D eigenvalue weighted by Crippen LogP contribution is 2.15. The molecule has 0 radical (unpaired) electrons. The molecule has 1 aliphatic heterocycles. The molecule has 1 unspecified atom stereocenters. The highest BCUT2D eigenvalue weighted by atomic mass is 16.5. The summed E-state index contributed by atoms with van der Waals surface area (Å²) in [6.07, 6.45) is 0.959. The Morgan fingerprint density at radius 1 is 1.72 bits per heavy atom. The monoisotopic (exact) mass is 246 g/mol. The number of nitrogens with zero attached hydrogens (tertiary/aromatic N) is 3. The number of hydrogen-bond acceptors (Lipinski definition) is 5. The lowest BCUT2D eigenvalue weighted by Crippen LogP contribution is -2.45. The number of rotatable bonds is 1. The number of pyridine rings is 1.